The summed E-state index contributed by atoms with van der Waals surface area (Å²) in [6, 6.07) is 0. The molecule has 1 unspecified atom stereocenters. The zero-order valence-electron chi connectivity index (χ0n) is 10.8. The minimum atomic E-state index is 0.148. The monoisotopic (exact) mass is 256 g/mol. The Balaban J connectivity index is 3.75. The molecule has 0 saturated heterocycles. The van der Waals surface area contributed by atoms with Crippen molar-refractivity contribution < 1.29 is 19.1 Å². The Morgan fingerprint density at radius 3 is 2.50 bits per heavy atom. The molecule has 0 aromatic rings. The summed E-state index contributed by atoms with van der Waals surface area (Å²) in [6.07, 6.45) is 4.56. The fraction of sp³-hybridized carbons (Fsp3) is 0.833. The lowest BCUT2D eigenvalue weighted by Gasteiger charge is -2.13. The van der Waals surface area contributed by atoms with Crippen molar-refractivity contribution >= 4 is 12.2 Å². The molecule has 6 nitrogen and oxygen atoms in total. The van der Waals surface area contributed by atoms with E-state index in [1.54, 1.807) is 0 Å². The SMILES string of the molecule is CCOCCOCC(CCCN=C=O)CN=C=O. The number of isocyanates is 2. The van der Waals surface area contributed by atoms with E-state index in [-0.39, 0.29) is 5.92 Å². The van der Waals surface area contributed by atoms with Crippen LogP contribution in [0, 0.1) is 5.92 Å². The van der Waals surface area contributed by atoms with Crippen LogP contribution < -0.4 is 0 Å². The first kappa shape index (κ1) is 16.7. The van der Waals surface area contributed by atoms with Gasteiger partial charge in [0.25, 0.3) is 0 Å². The Labute approximate surface area is 107 Å². The van der Waals surface area contributed by atoms with Crippen LogP contribution in [0.4, 0.5) is 0 Å². The normalized spacial score (nSPS) is 11.4. The predicted octanol–water partition coefficient (Wildman–Crippen LogP) is 1.11. The number of nitrogens with zero attached hydrogens (tertiary/aromatic N) is 2. The van der Waals surface area contributed by atoms with E-state index in [4.69, 9.17) is 9.47 Å². The highest BCUT2D eigenvalue weighted by Crippen LogP contribution is 2.08. The van der Waals surface area contributed by atoms with E-state index in [2.05, 4.69) is 9.98 Å². The summed E-state index contributed by atoms with van der Waals surface area (Å²) in [7, 11) is 0. The highest BCUT2D eigenvalue weighted by atomic mass is 16.5. The van der Waals surface area contributed by atoms with E-state index < -0.39 is 0 Å². The van der Waals surface area contributed by atoms with Crippen LogP contribution >= 0.6 is 0 Å². The molecule has 0 spiro atoms. The van der Waals surface area contributed by atoms with Gasteiger partial charge in [0.05, 0.1) is 32.9 Å². The molecule has 0 saturated carbocycles. The molecule has 0 aliphatic carbocycles. The molecular weight excluding hydrogens is 236 g/mol. The van der Waals surface area contributed by atoms with Gasteiger partial charge in [-0.05, 0) is 19.8 Å². The van der Waals surface area contributed by atoms with Crippen molar-refractivity contribution in [2.75, 3.05) is 39.5 Å². The van der Waals surface area contributed by atoms with Gasteiger partial charge in [0.15, 0.2) is 0 Å². The summed E-state index contributed by atoms with van der Waals surface area (Å²) in [4.78, 5) is 27.0. The zero-order chi connectivity index (χ0) is 13.5. The van der Waals surface area contributed by atoms with E-state index in [9.17, 15) is 9.59 Å². The largest absolute Gasteiger partial charge is 0.379 e. The number of carbonyl (C=O) groups excluding carboxylic acids is 2. The van der Waals surface area contributed by atoms with Crippen LogP contribution in [0.3, 0.4) is 0 Å². The van der Waals surface area contributed by atoms with E-state index in [0.717, 1.165) is 12.8 Å². The molecular formula is C12H20N2O4. The second kappa shape index (κ2) is 13.7. The van der Waals surface area contributed by atoms with Crippen molar-refractivity contribution in [1.82, 2.24) is 0 Å². The molecule has 0 aromatic heterocycles. The predicted molar refractivity (Wildman–Crippen MR) is 66.0 cm³/mol. The molecule has 0 amide bonds. The summed E-state index contributed by atoms with van der Waals surface area (Å²) in [5.41, 5.74) is 0. The van der Waals surface area contributed by atoms with Crippen LogP contribution in [-0.2, 0) is 19.1 Å². The lowest BCUT2D eigenvalue weighted by molar-refractivity contribution is 0.0372. The molecule has 0 bridgehead atoms. The molecule has 6 heteroatoms. The average molecular weight is 256 g/mol. The molecule has 0 heterocycles. The van der Waals surface area contributed by atoms with Crippen LogP contribution in [0.1, 0.15) is 19.8 Å². The Kier molecular flexibility index (Phi) is 12.7. The molecule has 0 aliphatic rings. The van der Waals surface area contributed by atoms with Crippen LogP contribution in [0.2, 0.25) is 0 Å². The second-order valence-electron chi connectivity index (χ2n) is 3.69. The fourth-order valence-electron chi connectivity index (χ4n) is 1.41. The Hall–Kier alpha value is -1.32. The van der Waals surface area contributed by atoms with Gasteiger partial charge in [-0.3, -0.25) is 0 Å². The quantitative estimate of drug-likeness (QED) is 0.298. The molecule has 0 rings (SSSR count). The summed E-state index contributed by atoms with van der Waals surface area (Å²) in [6.45, 7) is 5.05. The van der Waals surface area contributed by atoms with Gasteiger partial charge in [0, 0.05) is 12.5 Å². The molecule has 102 valence electrons. The fourth-order valence-corrected chi connectivity index (χ4v) is 1.41. The summed E-state index contributed by atoms with van der Waals surface area (Å²) in [5.74, 6) is 0.148. The van der Waals surface area contributed by atoms with Crippen LogP contribution in [0.25, 0.3) is 0 Å². The maximum Gasteiger partial charge on any atom is 0.234 e. The van der Waals surface area contributed by atoms with Gasteiger partial charge < -0.3 is 9.47 Å². The van der Waals surface area contributed by atoms with E-state index in [1.165, 1.54) is 12.2 Å². The average Bonchev–Trinajstić information content (AvgIpc) is 2.39. The van der Waals surface area contributed by atoms with Crippen molar-refractivity contribution in [3.63, 3.8) is 0 Å². The van der Waals surface area contributed by atoms with Crippen molar-refractivity contribution in [2.24, 2.45) is 15.9 Å². The van der Waals surface area contributed by atoms with E-state index in [1.807, 2.05) is 6.92 Å². The van der Waals surface area contributed by atoms with Gasteiger partial charge in [-0.2, -0.15) is 0 Å². The number of hydrogen-bond acceptors (Lipinski definition) is 6. The second-order valence-corrected chi connectivity index (χ2v) is 3.69. The van der Waals surface area contributed by atoms with Gasteiger partial charge in [-0.15, -0.1) is 0 Å². The smallest absolute Gasteiger partial charge is 0.234 e. The third-order valence-electron chi connectivity index (χ3n) is 2.29. The third kappa shape index (κ3) is 11.2. The van der Waals surface area contributed by atoms with Crippen LogP contribution in [0.15, 0.2) is 9.98 Å². The minimum absolute atomic E-state index is 0.148. The Morgan fingerprint density at radius 1 is 1.11 bits per heavy atom. The van der Waals surface area contributed by atoms with Gasteiger partial charge in [-0.25, -0.2) is 19.6 Å². The molecule has 0 aromatic carbocycles. The first-order valence-corrected chi connectivity index (χ1v) is 6.07. The van der Waals surface area contributed by atoms with Crippen LogP contribution in [-0.4, -0.2) is 51.7 Å². The van der Waals surface area contributed by atoms with Gasteiger partial charge in [0.1, 0.15) is 0 Å². The van der Waals surface area contributed by atoms with Gasteiger partial charge in [-0.1, -0.05) is 0 Å². The van der Waals surface area contributed by atoms with Crippen molar-refractivity contribution in [2.45, 2.75) is 19.8 Å². The molecule has 0 aliphatic heterocycles. The Morgan fingerprint density at radius 2 is 1.83 bits per heavy atom. The molecule has 18 heavy (non-hydrogen) atoms. The summed E-state index contributed by atoms with van der Waals surface area (Å²) in [5, 5.41) is 0. The molecule has 0 fully saturated rings. The minimum Gasteiger partial charge on any atom is -0.379 e. The highest BCUT2D eigenvalue weighted by Gasteiger charge is 2.08. The number of hydrogen-bond donors (Lipinski definition) is 0. The molecule has 1 atom stereocenters. The maximum absolute atomic E-state index is 10.1. The lowest BCUT2D eigenvalue weighted by Crippen LogP contribution is -2.16. The van der Waals surface area contributed by atoms with Crippen LogP contribution in [0.5, 0.6) is 0 Å². The highest BCUT2D eigenvalue weighted by molar-refractivity contribution is 5.33. The summed E-state index contributed by atoms with van der Waals surface area (Å²) >= 11 is 0. The first-order chi connectivity index (χ1) is 8.85. The standard InChI is InChI=1S/C12H20N2O4/c1-2-17-6-7-18-9-12(8-14-11-16)4-3-5-13-10-15/h12H,2-9H2,1H3. The number of ether oxygens (including phenoxy) is 2. The van der Waals surface area contributed by atoms with Gasteiger partial charge >= 0.3 is 0 Å². The molecule has 0 radical (unpaired) electrons. The van der Waals surface area contributed by atoms with Crippen molar-refractivity contribution in [3.05, 3.63) is 0 Å². The van der Waals surface area contributed by atoms with Crippen molar-refractivity contribution in [1.29, 1.82) is 0 Å². The van der Waals surface area contributed by atoms with E-state index in [0.29, 0.717) is 39.5 Å². The Bertz CT molecular complexity index is 284. The number of rotatable bonds is 12. The zero-order valence-corrected chi connectivity index (χ0v) is 10.8. The first-order valence-electron chi connectivity index (χ1n) is 6.07. The van der Waals surface area contributed by atoms with Crippen molar-refractivity contribution in [3.8, 4) is 0 Å². The number of aliphatic imine (C=N–C) groups is 2. The van der Waals surface area contributed by atoms with Gasteiger partial charge in [0.2, 0.25) is 12.2 Å². The third-order valence-corrected chi connectivity index (χ3v) is 2.29. The lowest BCUT2D eigenvalue weighted by atomic mass is 10.0. The summed E-state index contributed by atoms with van der Waals surface area (Å²) < 4.78 is 10.6. The maximum atomic E-state index is 10.1. The topological polar surface area (TPSA) is 77.3 Å². The molecule has 0 N–H and O–H groups in total. The van der Waals surface area contributed by atoms with E-state index >= 15 is 0 Å².